The van der Waals surface area contributed by atoms with Crippen molar-refractivity contribution < 1.29 is 21.6 Å². The Balaban J connectivity index is 2.10. The second-order valence-electron chi connectivity index (χ2n) is 4.99. The number of alkyl halides is 3. The highest BCUT2D eigenvalue weighted by Crippen LogP contribution is 2.30. The molecule has 1 fully saturated rings. The molecule has 0 unspecified atom stereocenters. The Morgan fingerprint density at radius 1 is 1.10 bits per heavy atom. The van der Waals surface area contributed by atoms with Gasteiger partial charge in [0.25, 0.3) is 9.84 Å². The fraction of sp³-hybridized carbons (Fsp3) is 0.538. The third-order valence-corrected chi connectivity index (χ3v) is 5.02. The summed E-state index contributed by atoms with van der Waals surface area (Å²) in [5.74, 6) is 0.501. The Labute approximate surface area is 116 Å². The molecule has 7 heteroatoms. The lowest BCUT2D eigenvalue weighted by molar-refractivity contribution is -0.0436. The summed E-state index contributed by atoms with van der Waals surface area (Å²) in [5, 5.41) is 3.24. The largest absolute Gasteiger partial charge is 0.501 e. The predicted molar refractivity (Wildman–Crippen MR) is 69.0 cm³/mol. The molecule has 0 aliphatic carbocycles. The van der Waals surface area contributed by atoms with E-state index in [1.54, 1.807) is 0 Å². The van der Waals surface area contributed by atoms with Gasteiger partial charge in [-0.15, -0.1) is 0 Å². The van der Waals surface area contributed by atoms with Crippen LogP contribution in [0, 0.1) is 5.92 Å². The van der Waals surface area contributed by atoms with Crippen LogP contribution in [0.25, 0.3) is 0 Å². The van der Waals surface area contributed by atoms with Crippen molar-refractivity contribution in [1.29, 1.82) is 0 Å². The van der Waals surface area contributed by atoms with Crippen LogP contribution in [-0.4, -0.2) is 27.0 Å². The fourth-order valence-electron chi connectivity index (χ4n) is 2.36. The zero-order valence-electron chi connectivity index (χ0n) is 10.8. The number of benzene rings is 1. The first-order valence-corrected chi connectivity index (χ1v) is 7.90. The van der Waals surface area contributed by atoms with Gasteiger partial charge in [0, 0.05) is 0 Å². The predicted octanol–water partition coefficient (Wildman–Crippen LogP) is 2.52. The minimum atomic E-state index is -5.25. The van der Waals surface area contributed by atoms with Gasteiger partial charge in [-0.05, 0) is 56.0 Å². The van der Waals surface area contributed by atoms with Crippen LogP contribution in [0.5, 0.6) is 0 Å². The Hall–Kier alpha value is -1.08. The molecule has 1 saturated heterocycles. The van der Waals surface area contributed by atoms with Crippen molar-refractivity contribution in [2.75, 3.05) is 13.1 Å². The first-order valence-electron chi connectivity index (χ1n) is 6.42. The van der Waals surface area contributed by atoms with Crippen LogP contribution in [0.2, 0.25) is 0 Å². The number of hydrogen-bond donors (Lipinski definition) is 1. The highest BCUT2D eigenvalue weighted by molar-refractivity contribution is 7.92. The zero-order valence-corrected chi connectivity index (χ0v) is 11.6. The summed E-state index contributed by atoms with van der Waals surface area (Å²) in [5.41, 5.74) is -4.37. The number of rotatable bonds is 3. The van der Waals surface area contributed by atoms with Crippen molar-refractivity contribution in [3.05, 3.63) is 29.8 Å². The van der Waals surface area contributed by atoms with E-state index in [0.717, 1.165) is 50.0 Å². The zero-order chi connectivity index (χ0) is 14.8. The molecule has 1 aliphatic heterocycles. The van der Waals surface area contributed by atoms with E-state index in [2.05, 4.69) is 5.32 Å². The number of sulfone groups is 1. The smallest absolute Gasteiger partial charge is 0.317 e. The van der Waals surface area contributed by atoms with Gasteiger partial charge in [0.15, 0.2) is 0 Å². The van der Waals surface area contributed by atoms with Crippen LogP contribution >= 0.6 is 0 Å². The molecule has 0 radical (unpaired) electrons. The molecule has 0 bridgehead atoms. The van der Waals surface area contributed by atoms with E-state index < -0.39 is 20.2 Å². The van der Waals surface area contributed by atoms with Gasteiger partial charge in [0.05, 0.1) is 4.90 Å². The van der Waals surface area contributed by atoms with Gasteiger partial charge in [-0.2, -0.15) is 13.2 Å². The SMILES string of the molecule is O=S(=O)(c1ccc(CC2CCNCC2)cc1)C(F)(F)F. The summed E-state index contributed by atoms with van der Waals surface area (Å²) >= 11 is 0. The summed E-state index contributed by atoms with van der Waals surface area (Å²) in [7, 11) is -5.24. The number of halogens is 3. The average Bonchev–Trinajstić information content (AvgIpc) is 2.39. The average molecular weight is 307 g/mol. The lowest BCUT2D eigenvalue weighted by Gasteiger charge is -2.22. The lowest BCUT2D eigenvalue weighted by atomic mass is 9.91. The molecule has 1 heterocycles. The van der Waals surface area contributed by atoms with E-state index in [4.69, 9.17) is 0 Å². The normalized spacial score (nSPS) is 18.1. The van der Waals surface area contributed by atoms with Gasteiger partial charge in [-0.1, -0.05) is 12.1 Å². The second-order valence-corrected chi connectivity index (χ2v) is 6.93. The lowest BCUT2D eigenvalue weighted by Crippen LogP contribution is -2.28. The monoisotopic (exact) mass is 307 g/mol. The minimum absolute atomic E-state index is 0.501. The Morgan fingerprint density at radius 2 is 1.65 bits per heavy atom. The number of nitrogens with one attached hydrogen (secondary N) is 1. The summed E-state index contributed by atoms with van der Waals surface area (Å²) in [4.78, 5) is -0.695. The van der Waals surface area contributed by atoms with Crippen LogP contribution in [0.4, 0.5) is 13.2 Å². The van der Waals surface area contributed by atoms with Gasteiger partial charge >= 0.3 is 5.51 Å². The third-order valence-electron chi connectivity index (χ3n) is 3.52. The highest BCUT2D eigenvalue weighted by Gasteiger charge is 2.46. The number of hydrogen-bond acceptors (Lipinski definition) is 3. The summed E-state index contributed by atoms with van der Waals surface area (Å²) in [6.07, 6.45) is 2.83. The van der Waals surface area contributed by atoms with E-state index in [9.17, 15) is 21.6 Å². The van der Waals surface area contributed by atoms with Crippen LogP contribution in [0.3, 0.4) is 0 Å². The van der Waals surface area contributed by atoms with Crippen molar-refractivity contribution in [3.63, 3.8) is 0 Å². The Morgan fingerprint density at radius 3 is 2.15 bits per heavy atom. The van der Waals surface area contributed by atoms with Gasteiger partial charge in [0.2, 0.25) is 0 Å². The maximum Gasteiger partial charge on any atom is 0.501 e. The molecule has 0 spiro atoms. The molecule has 2 rings (SSSR count). The Bertz CT molecular complexity index is 546. The van der Waals surface area contributed by atoms with Crippen molar-refractivity contribution in [2.45, 2.75) is 29.7 Å². The van der Waals surface area contributed by atoms with Gasteiger partial charge < -0.3 is 5.32 Å². The molecule has 0 amide bonds. The van der Waals surface area contributed by atoms with E-state index >= 15 is 0 Å². The summed E-state index contributed by atoms with van der Waals surface area (Å²) in [6.45, 7) is 1.90. The maximum absolute atomic E-state index is 12.4. The first kappa shape index (κ1) is 15.3. The van der Waals surface area contributed by atoms with Gasteiger partial charge in [-0.3, -0.25) is 0 Å². The van der Waals surface area contributed by atoms with Crippen LogP contribution < -0.4 is 5.32 Å². The topological polar surface area (TPSA) is 46.2 Å². The molecule has 1 aliphatic rings. The minimum Gasteiger partial charge on any atom is -0.317 e. The van der Waals surface area contributed by atoms with Crippen LogP contribution in [0.1, 0.15) is 18.4 Å². The fourth-order valence-corrected chi connectivity index (χ4v) is 3.12. The molecule has 0 saturated carbocycles. The quantitative estimate of drug-likeness (QED) is 0.933. The summed E-state index contributed by atoms with van der Waals surface area (Å²) < 4.78 is 59.6. The highest BCUT2D eigenvalue weighted by atomic mass is 32.2. The molecule has 3 nitrogen and oxygen atoms in total. The molecule has 0 aromatic heterocycles. The van der Waals surface area contributed by atoms with E-state index in [1.807, 2.05) is 0 Å². The number of piperidine rings is 1. The van der Waals surface area contributed by atoms with E-state index in [0.29, 0.717) is 5.92 Å². The second kappa shape index (κ2) is 5.73. The molecule has 1 aromatic rings. The maximum atomic E-state index is 12.4. The molecule has 112 valence electrons. The van der Waals surface area contributed by atoms with Crippen molar-refractivity contribution in [3.8, 4) is 0 Å². The van der Waals surface area contributed by atoms with Crippen molar-refractivity contribution >= 4 is 9.84 Å². The van der Waals surface area contributed by atoms with E-state index in [-0.39, 0.29) is 0 Å². The van der Waals surface area contributed by atoms with Gasteiger partial charge in [0.1, 0.15) is 0 Å². The van der Waals surface area contributed by atoms with E-state index in [1.165, 1.54) is 12.1 Å². The molecule has 0 atom stereocenters. The molecular weight excluding hydrogens is 291 g/mol. The standard InChI is InChI=1S/C13H16F3NO2S/c14-13(15,16)20(18,19)12-3-1-10(2-4-12)9-11-5-7-17-8-6-11/h1-4,11,17H,5-9H2. The Kier molecular flexibility index (Phi) is 4.39. The summed E-state index contributed by atoms with van der Waals surface area (Å²) in [6, 6.07) is 5.03. The van der Waals surface area contributed by atoms with Crippen LogP contribution in [0.15, 0.2) is 29.2 Å². The van der Waals surface area contributed by atoms with Gasteiger partial charge in [-0.25, -0.2) is 8.42 Å². The third kappa shape index (κ3) is 3.32. The molecule has 1 aromatic carbocycles. The molecule has 20 heavy (non-hydrogen) atoms. The first-order chi connectivity index (χ1) is 9.30. The molecular formula is C13H16F3NO2S. The molecule has 1 N–H and O–H groups in total. The van der Waals surface area contributed by atoms with Crippen LogP contribution in [-0.2, 0) is 16.3 Å². The van der Waals surface area contributed by atoms with Crippen molar-refractivity contribution in [1.82, 2.24) is 5.32 Å². The van der Waals surface area contributed by atoms with Crippen molar-refractivity contribution in [2.24, 2.45) is 5.92 Å².